The predicted octanol–water partition coefficient (Wildman–Crippen LogP) is 4.24. The molecule has 1 nitrogen and oxygen atoms in total. The summed E-state index contributed by atoms with van der Waals surface area (Å²) in [6.07, 6.45) is 0. The van der Waals surface area contributed by atoms with E-state index in [1.54, 1.807) is 12.1 Å². The van der Waals surface area contributed by atoms with Crippen molar-refractivity contribution in [3.05, 3.63) is 65.5 Å². The fourth-order valence-corrected chi connectivity index (χ4v) is 2.52. The highest BCUT2D eigenvalue weighted by atomic mass is 19.1. The Kier molecular flexibility index (Phi) is 2.34. The summed E-state index contributed by atoms with van der Waals surface area (Å²) in [6, 6.07) is 14.9. The van der Waals surface area contributed by atoms with E-state index in [2.05, 4.69) is 18.8 Å². The van der Waals surface area contributed by atoms with Gasteiger partial charge in [-0.25, -0.2) is 4.39 Å². The van der Waals surface area contributed by atoms with Gasteiger partial charge in [0.2, 0.25) is 0 Å². The number of hydrogen-bond acceptors (Lipinski definition) is 1. The lowest BCUT2D eigenvalue weighted by atomic mass is 9.79. The van der Waals surface area contributed by atoms with Gasteiger partial charge in [-0.2, -0.15) is 0 Å². The molecule has 0 radical (unpaired) electrons. The average molecular weight is 239 g/mol. The van der Waals surface area contributed by atoms with Gasteiger partial charge >= 0.3 is 0 Å². The zero-order chi connectivity index (χ0) is 12.8. The monoisotopic (exact) mass is 239 g/mol. The summed E-state index contributed by atoms with van der Waals surface area (Å²) in [6.45, 7) is 4.17. The fourth-order valence-electron chi connectivity index (χ4n) is 2.52. The van der Waals surface area contributed by atoms with Gasteiger partial charge in [-0.3, -0.25) is 4.99 Å². The van der Waals surface area contributed by atoms with Crippen molar-refractivity contribution in [2.75, 3.05) is 0 Å². The maximum atomic E-state index is 13.4. The first-order valence-electron chi connectivity index (χ1n) is 6.03. The van der Waals surface area contributed by atoms with Gasteiger partial charge < -0.3 is 0 Å². The Morgan fingerprint density at radius 1 is 1.00 bits per heavy atom. The summed E-state index contributed by atoms with van der Waals surface area (Å²) < 4.78 is 13.4. The Balaban J connectivity index is 2.16. The summed E-state index contributed by atoms with van der Waals surface area (Å²) in [7, 11) is 0. The van der Waals surface area contributed by atoms with E-state index in [-0.39, 0.29) is 11.2 Å². The number of nitrogens with zero attached hydrogens (tertiary/aromatic N) is 1. The minimum absolute atomic E-state index is 0.202. The highest BCUT2D eigenvalue weighted by molar-refractivity contribution is 6.12. The number of hydrogen-bond donors (Lipinski definition) is 0. The molecule has 18 heavy (non-hydrogen) atoms. The third-order valence-electron chi connectivity index (χ3n) is 3.50. The van der Waals surface area contributed by atoms with Crippen molar-refractivity contribution >= 4 is 11.4 Å². The summed E-state index contributed by atoms with van der Waals surface area (Å²) in [5.74, 6) is -0.202. The quantitative estimate of drug-likeness (QED) is 0.706. The molecule has 1 aliphatic heterocycles. The summed E-state index contributed by atoms with van der Waals surface area (Å²) in [4.78, 5) is 4.67. The van der Waals surface area contributed by atoms with E-state index in [9.17, 15) is 4.39 Å². The Morgan fingerprint density at radius 3 is 2.44 bits per heavy atom. The molecule has 0 saturated heterocycles. The van der Waals surface area contributed by atoms with Gasteiger partial charge in [-0.05, 0) is 29.3 Å². The smallest absolute Gasteiger partial charge is 0.123 e. The van der Waals surface area contributed by atoms with Crippen molar-refractivity contribution in [2.24, 2.45) is 4.99 Å². The molecule has 0 amide bonds. The zero-order valence-corrected chi connectivity index (χ0v) is 10.4. The van der Waals surface area contributed by atoms with Gasteiger partial charge in [-0.15, -0.1) is 0 Å². The summed E-state index contributed by atoms with van der Waals surface area (Å²) in [5, 5.41) is 0. The Morgan fingerprint density at radius 2 is 1.72 bits per heavy atom. The highest BCUT2D eigenvalue weighted by Gasteiger charge is 2.35. The van der Waals surface area contributed by atoms with Crippen LogP contribution in [0.3, 0.4) is 0 Å². The average Bonchev–Trinajstić information content (AvgIpc) is 2.63. The number of aliphatic imine (C=N–C) groups is 1. The maximum Gasteiger partial charge on any atom is 0.123 e. The van der Waals surface area contributed by atoms with Crippen molar-refractivity contribution in [3.8, 4) is 0 Å². The molecule has 1 aliphatic rings. The standard InChI is InChI=1S/C16H14FN/c1-16(2)13-10-12(17)8-9-14(13)18-15(16)11-6-4-3-5-7-11/h3-10H,1-2H3. The van der Waals surface area contributed by atoms with Gasteiger partial charge in [-0.1, -0.05) is 44.2 Å². The van der Waals surface area contributed by atoms with Crippen LogP contribution in [0.4, 0.5) is 10.1 Å². The molecule has 0 spiro atoms. The van der Waals surface area contributed by atoms with Crippen LogP contribution in [0.1, 0.15) is 25.0 Å². The molecule has 2 heteroatoms. The van der Waals surface area contributed by atoms with Crippen molar-refractivity contribution in [1.29, 1.82) is 0 Å². The molecule has 0 saturated carbocycles. The molecule has 0 bridgehead atoms. The van der Waals surface area contributed by atoms with Crippen LogP contribution in [-0.4, -0.2) is 5.71 Å². The number of fused-ring (bicyclic) bond motifs is 1. The molecule has 0 N–H and O–H groups in total. The zero-order valence-electron chi connectivity index (χ0n) is 10.4. The van der Waals surface area contributed by atoms with Crippen LogP contribution in [0, 0.1) is 5.82 Å². The van der Waals surface area contributed by atoms with Crippen LogP contribution in [-0.2, 0) is 5.41 Å². The molecule has 0 atom stereocenters. The number of halogens is 1. The van der Waals surface area contributed by atoms with E-state index in [0.717, 1.165) is 22.5 Å². The molecule has 3 rings (SSSR count). The molecule has 2 aromatic carbocycles. The van der Waals surface area contributed by atoms with Crippen LogP contribution < -0.4 is 0 Å². The first-order chi connectivity index (χ1) is 8.59. The predicted molar refractivity (Wildman–Crippen MR) is 72.1 cm³/mol. The molecule has 0 fully saturated rings. The molecular weight excluding hydrogens is 225 g/mol. The third kappa shape index (κ3) is 1.57. The fraction of sp³-hybridized carbons (Fsp3) is 0.188. The first kappa shape index (κ1) is 11.1. The van der Waals surface area contributed by atoms with Crippen molar-refractivity contribution in [3.63, 3.8) is 0 Å². The minimum atomic E-state index is -0.251. The first-order valence-corrected chi connectivity index (χ1v) is 6.03. The molecule has 0 aliphatic carbocycles. The minimum Gasteiger partial charge on any atom is -0.252 e. The van der Waals surface area contributed by atoms with E-state index in [1.807, 2.05) is 30.3 Å². The van der Waals surface area contributed by atoms with Crippen molar-refractivity contribution in [1.82, 2.24) is 0 Å². The Labute approximate surface area is 106 Å². The maximum absolute atomic E-state index is 13.4. The second kappa shape index (κ2) is 3.77. The van der Waals surface area contributed by atoms with E-state index < -0.39 is 0 Å². The van der Waals surface area contributed by atoms with Crippen molar-refractivity contribution < 1.29 is 4.39 Å². The van der Waals surface area contributed by atoms with E-state index in [1.165, 1.54) is 6.07 Å². The molecule has 1 heterocycles. The molecule has 90 valence electrons. The van der Waals surface area contributed by atoms with Crippen LogP contribution in [0.2, 0.25) is 0 Å². The van der Waals surface area contributed by atoms with Crippen LogP contribution in [0.25, 0.3) is 0 Å². The highest BCUT2D eigenvalue weighted by Crippen LogP contribution is 2.42. The largest absolute Gasteiger partial charge is 0.252 e. The second-order valence-corrected chi connectivity index (χ2v) is 5.11. The summed E-state index contributed by atoms with van der Waals surface area (Å²) in [5.41, 5.74) is 3.68. The molecule has 2 aromatic rings. The van der Waals surface area contributed by atoms with Crippen molar-refractivity contribution in [2.45, 2.75) is 19.3 Å². The lowest BCUT2D eigenvalue weighted by Crippen LogP contribution is -2.26. The van der Waals surface area contributed by atoms with Crippen LogP contribution >= 0.6 is 0 Å². The van der Waals surface area contributed by atoms with Gasteiger partial charge in [0, 0.05) is 5.41 Å². The van der Waals surface area contributed by atoms with Crippen LogP contribution in [0.15, 0.2) is 53.5 Å². The van der Waals surface area contributed by atoms with Crippen LogP contribution in [0.5, 0.6) is 0 Å². The van der Waals surface area contributed by atoms with Gasteiger partial charge in [0.15, 0.2) is 0 Å². The van der Waals surface area contributed by atoms with Gasteiger partial charge in [0.05, 0.1) is 11.4 Å². The number of rotatable bonds is 1. The lowest BCUT2D eigenvalue weighted by Gasteiger charge is -2.22. The molecule has 0 unspecified atom stereocenters. The lowest BCUT2D eigenvalue weighted by molar-refractivity contribution is 0.619. The third-order valence-corrected chi connectivity index (χ3v) is 3.50. The van der Waals surface area contributed by atoms with E-state index >= 15 is 0 Å². The normalized spacial score (nSPS) is 16.3. The summed E-state index contributed by atoms with van der Waals surface area (Å²) >= 11 is 0. The second-order valence-electron chi connectivity index (χ2n) is 5.11. The topological polar surface area (TPSA) is 12.4 Å². The molecular formula is C16H14FN. The van der Waals surface area contributed by atoms with Gasteiger partial charge in [0.1, 0.15) is 5.82 Å². The Hall–Kier alpha value is -1.96. The SMILES string of the molecule is CC1(C)C(c2ccccc2)=Nc2ccc(F)cc21. The van der Waals surface area contributed by atoms with Gasteiger partial charge in [0.25, 0.3) is 0 Å². The number of benzene rings is 2. The Bertz CT molecular complexity index is 627. The van der Waals surface area contributed by atoms with E-state index in [4.69, 9.17) is 0 Å². The molecule has 0 aromatic heterocycles. The van der Waals surface area contributed by atoms with E-state index in [0.29, 0.717) is 0 Å².